The zero-order chi connectivity index (χ0) is 13.5. The highest BCUT2D eigenvalue weighted by Gasteiger charge is 2.26. The lowest BCUT2D eigenvalue weighted by molar-refractivity contribution is 0.423. The lowest BCUT2D eigenvalue weighted by Crippen LogP contribution is -2.42. The monoisotopic (exact) mass is 257 g/mol. The maximum absolute atomic E-state index is 12.1. The van der Waals surface area contributed by atoms with E-state index >= 15 is 0 Å². The number of nitrogens with zero attached hydrogens (tertiary/aromatic N) is 4. The van der Waals surface area contributed by atoms with Gasteiger partial charge in [-0.3, -0.25) is 9.36 Å². The first-order valence-corrected chi connectivity index (χ1v) is 6.22. The Hall–Kier alpha value is -2.24. The zero-order valence-corrected chi connectivity index (χ0v) is 10.9. The van der Waals surface area contributed by atoms with E-state index in [1.807, 2.05) is 0 Å². The average Bonchev–Trinajstić information content (AvgIpc) is 2.38. The van der Waals surface area contributed by atoms with Gasteiger partial charge >= 0.3 is 0 Å². The Morgan fingerprint density at radius 3 is 2.95 bits per heavy atom. The second-order valence-electron chi connectivity index (χ2n) is 5.31. The molecule has 1 aliphatic rings. The molecule has 1 N–H and O–H groups in total. The highest BCUT2D eigenvalue weighted by atomic mass is 16.1. The third-order valence-electron chi connectivity index (χ3n) is 3.26. The van der Waals surface area contributed by atoms with Gasteiger partial charge < -0.3 is 5.32 Å². The van der Waals surface area contributed by atoms with Crippen LogP contribution in [0.1, 0.15) is 20.3 Å². The van der Waals surface area contributed by atoms with Crippen LogP contribution in [0.5, 0.6) is 0 Å². The van der Waals surface area contributed by atoms with E-state index in [0.717, 1.165) is 6.42 Å². The molecule has 3 rings (SSSR count). The molecule has 1 aliphatic heterocycles. The van der Waals surface area contributed by atoms with Crippen LogP contribution in [0.3, 0.4) is 0 Å². The van der Waals surface area contributed by atoms with Crippen LogP contribution in [-0.2, 0) is 6.54 Å². The molecule has 0 aliphatic carbocycles. The van der Waals surface area contributed by atoms with E-state index in [-0.39, 0.29) is 11.1 Å². The summed E-state index contributed by atoms with van der Waals surface area (Å²) < 4.78 is 1.66. The Morgan fingerprint density at radius 2 is 2.21 bits per heavy atom. The minimum absolute atomic E-state index is 0.0518. The van der Waals surface area contributed by atoms with Crippen molar-refractivity contribution in [1.82, 2.24) is 19.5 Å². The minimum atomic E-state index is -0.0541. The fourth-order valence-electron chi connectivity index (χ4n) is 2.15. The molecular formula is C13H15N5O. The predicted octanol–water partition coefficient (Wildman–Crippen LogP) is 1.29. The molecule has 0 spiro atoms. The van der Waals surface area contributed by atoms with E-state index in [1.165, 1.54) is 12.4 Å². The van der Waals surface area contributed by atoms with Gasteiger partial charge in [-0.25, -0.2) is 15.0 Å². The van der Waals surface area contributed by atoms with Gasteiger partial charge in [0, 0.05) is 24.3 Å². The van der Waals surface area contributed by atoms with Crippen molar-refractivity contribution in [3.63, 3.8) is 0 Å². The Kier molecular flexibility index (Phi) is 2.58. The van der Waals surface area contributed by atoms with Gasteiger partial charge in [-0.15, -0.1) is 0 Å². The molecule has 0 saturated carbocycles. The normalized spacial score (nSPS) is 16.5. The highest BCUT2D eigenvalue weighted by molar-refractivity contribution is 5.55. The molecule has 0 fully saturated rings. The third kappa shape index (κ3) is 2.21. The molecule has 0 aromatic carbocycles. The van der Waals surface area contributed by atoms with E-state index in [1.54, 1.807) is 16.8 Å². The van der Waals surface area contributed by atoms with Crippen LogP contribution in [-0.4, -0.2) is 25.1 Å². The van der Waals surface area contributed by atoms with E-state index in [0.29, 0.717) is 23.9 Å². The predicted molar refractivity (Wildman–Crippen MR) is 71.8 cm³/mol. The summed E-state index contributed by atoms with van der Waals surface area (Å²) in [6.45, 7) is 4.88. The maximum atomic E-state index is 12.1. The lowest BCUT2D eigenvalue weighted by atomic mass is 9.99. The topological polar surface area (TPSA) is 72.7 Å². The van der Waals surface area contributed by atoms with Crippen LogP contribution < -0.4 is 10.9 Å². The SMILES string of the molecule is CC1(C)CCn2c(nc(-c3ccncn3)cc2=O)N1. The van der Waals surface area contributed by atoms with Gasteiger partial charge in [0.1, 0.15) is 6.33 Å². The fourth-order valence-corrected chi connectivity index (χ4v) is 2.15. The Bertz CT molecular complexity index is 662. The van der Waals surface area contributed by atoms with Crippen LogP contribution in [0.4, 0.5) is 5.95 Å². The summed E-state index contributed by atoms with van der Waals surface area (Å²) in [5, 5.41) is 3.30. The lowest BCUT2D eigenvalue weighted by Gasteiger charge is -2.33. The summed E-state index contributed by atoms with van der Waals surface area (Å²) >= 11 is 0. The molecule has 3 heterocycles. The molecule has 2 aromatic rings. The van der Waals surface area contributed by atoms with Crippen molar-refractivity contribution in [2.24, 2.45) is 0 Å². The largest absolute Gasteiger partial charge is 0.351 e. The van der Waals surface area contributed by atoms with Crippen molar-refractivity contribution in [2.45, 2.75) is 32.4 Å². The quantitative estimate of drug-likeness (QED) is 0.833. The van der Waals surface area contributed by atoms with E-state index < -0.39 is 0 Å². The Morgan fingerprint density at radius 1 is 1.37 bits per heavy atom. The standard InChI is InChI=1S/C13H15N5O/c1-13(2)4-6-18-11(19)7-10(16-12(18)17-13)9-3-5-14-8-15-9/h3,5,7-8H,4,6H2,1-2H3,(H,16,17). The molecule has 0 bridgehead atoms. The second-order valence-corrected chi connectivity index (χ2v) is 5.31. The zero-order valence-electron chi connectivity index (χ0n) is 10.9. The summed E-state index contributed by atoms with van der Waals surface area (Å²) in [6, 6.07) is 3.26. The number of hydrogen-bond donors (Lipinski definition) is 1. The summed E-state index contributed by atoms with van der Waals surface area (Å²) in [4.78, 5) is 24.6. The molecular weight excluding hydrogens is 242 g/mol. The molecule has 6 heteroatoms. The molecule has 0 unspecified atom stereocenters. The van der Waals surface area contributed by atoms with Crippen molar-refractivity contribution in [3.8, 4) is 11.4 Å². The van der Waals surface area contributed by atoms with Crippen LogP contribution in [0, 0.1) is 0 Å². The molecule has 0 atom stereocenters. The third-order valence-corrected chi connectivity index (χ3v) is 3.26. The smallest absolute Gasteiger partial charge is 0.255 e. The minimum Gasteiger partial charge on any atom is -0.351 e. The molecule has 0 radical (unpaired) electrons. The number of aromatic nitrogens is 4. The first-order valence-electron chi connectivity index (χ1n) is 6.22. The summed E-state index contributed by atoms with van der Waals surface area (Å²) in [6.07, 6.45) is 3.98. The molecule has 19 heavy (non-hydrogen) atoms. The van der Waals surface area contributed by atoms with Gasteiger partial charge in [0.15, 0.2) is 0 Å². The number of rotatable bonds is 1. The Labute approximate surface area is 110 Å². The van der Waals surface area contributed by atoms with Crippen LogP contribution in [0.15, 0.2) is 29.5 Å². The van der Waals surface area contributed by atoms with Crippen molar-refractivity contribution >= 4 is 5.95 Å². The van der Waals surface area contributed by atoms with Gasteiger partial charge in [-0.1, -0.05) is 0 Å². The summed E-state index contributed by atoms with van der Waals surface area (Å²) in [7, 11) is 0. The maximum Gasteiger partial charge on any atom is 0.255 e. The number of anilines is 1. The first kappa shape index (κ1) is 11.8. The molecule has 6 nitrogen and oxygen atoms in total. The number of hydrogen-bond acceptors (Lipinski definition) is 5. The van der Waals surface area contributed by atoms with Gasteiger partial charge in [0.25, 0.3) is 5.56 Å². The van der Waals surface area contributed by atoms with E-state index in [4.69, 9.17) is 0 Å². The molecule has 98 valence electrons. The summed E-state index contributed by atoms with van der Waals surface area (Å²) in [5.41, 5.74) is 1.12. The van der Waals surface area contributed by atoms with Crippen LogP contribution in [0.2, 0.25) is 0 Å². The second kappa shape index (κ2) is 4.15. The Balaban J connectivity index is 2.11. The van der Waals surface area contributed by atoms with Gasteiger partial charge in [0.05, 0.1) is 11.4 Å². The van der Waals surface area contributed by atoms with Crippen molar-refractivity contribution < 1.29 is 0 Å². The van der Waals surface area contributed by atoms with Gasteiger partial charge in [-0.2, -0.15) is 0 Å². The molecule has 0 amide bonds. The highest BCUT2D eigenvalue weighted by Crippen LogP contribution is 2.23. The molecule has 0 saturated heterocycles. The van der Waals surface area contributed by atoms with Crippen molar-refractivity contribution in [2.75, 3.05) is 5.32 Å². The van der Waals surface area contributed by atoms with Crippen molar-refractivity contribution in [1.29, 1.82) is 0 Å². The number of fused-ring (bicyclic) bond motifs is 1. The van der Waals surface area contributed by atoms with Crippen LogP contribution >= 0.6 is 0 Å². The fraction of sp³-hybridized carbons (Fsp3) is 0.385. The van der Waals surface area contributed by atoms with Crippen LogP contribution in [0.25, 0.3) is 11.4 Å². The van der Waals surface area contributed by atoms with Crippen molar-refractivity contribution in [3.05, 3.63) is 35.0 Å². The van der Waals surface area contributed by atoms with Gasteiger partial charge in [0.2, 0.25) is 5.95 Å². The first-order chi connectivity index (χ1) is 9.05. The summed E-state index contributed by atoms with van der Waals surface area (Å²) in [5.74, 6) is 0.609. The van der Waals surface area contributed by atoms with Gasteiger partial charge in [-0.05, 0) is 26.3 Å². The number of nitrogens with one attached hydrogen (secondary N) is 1. The van der Waals surface area contributed by atoms with E-state index in [2.05, 4.69) is 34.1 Å². The van der Waals surface area contributed by atoms with E-state index in [9.17, 15) is 4.79 Å². The molecule has 2 aromatic heterocycles. The average molecular weight is 257 g/mol.